The van der Waals surface area contributed by atoms with Crippen molar-refractivity contribution in [2.24, 2.45) is 7.05 Å². The summed E-state index contributed by atoms with van der Waals surface area (Å²) in [7, 11) is -1.87. The molecule has 0 amide bonds. The van der Waals surface area contributed by atoms with Crippen LogP contribution in [0.1, 0.15) is 17.1 Å². The molecule has 3 aromatic carbocycles. The van der Waals surface area contributed by atoms with Gasteiger partial charge in [-0.2, -0.15) is 13.9 Å². The van der Waals surface area contributed by atoms with Crippen molar-refractivity contribution in [3.63, 3.8) is 0 Å². The highest BCUT2D eigenvalue weighted by Crippen LogP contribution is 2.46. The van der Waals surface area contributed by atoms with Crippen molar-refractivity contribution in [3.8, 4) is 56.5 Å². The highest BCUT2D eigenvalue weighted by molar-refractivity contribution is 7.90. The van der Waals surface area contributed by atoms with E-state index in [-0.39, 0.29) is 62.4 Å². The smallest absolute Gasteiger partial charge is 0.464 e. The largest absolute Gasteiger partial charge is 0.586 e. The lowest BCUT2D eigenvalue weighted by Gasteiger charge is -2.14. The van der Waals surface area contributed by atoms with E-state index in [2.05, 4.69) is 24.3 Å². The van der Waals surface area contributed by atoms with Crippen molar-refractivity contribution in [2.75, 3.05) is 13.4 Å². The number of aliphatic hydroxyl groups is 1. The van der Waals surface area contributed by atoms with Gasteiger partial charge in [0.15, 0.2) is 33.0 Å². The molecule has 0 radical (unpaired) electrons. The molecule has 0 atom stereocenters. The fourth-order valence-corrected chi connectivity index (χ4v) is 6.36. The molecule has 0 unspecified atom stereocenters. The molecule has 0 saturated heterocycles. The molecule has 3 heterocycles. The van der Waals surface area contributed by atoms with Crippen molar-refractivity contribution in [2.45, 2.75) is 30.6 Å². The summed E-state index contributed by atoms with van der Waals surface area (Å²) < 4.78 is 118. The van der Waals surface area contributed by atoms with E-state index in [9.17, 15) is 35.9 Å². The monoisotopic (exact) mass is 705 g/mol. The average Bonchev–Trinajstić information content (AvgIpc) is 3.71. The normalized spacial score (nSPS) is 13.9. The highest BCUT2D eigenvalue weighted by atomic mass is 32.2. The van der Waals surface area contributed by atoms with Crippen LogP contribution in [0.2, 0.25) is 0 Å². The maximum atomic E-state index is 15.2. The second kappa shape index (κ2) is 11.7. The van der Waals surface area contributed by atoms with Gasteiger partial charge in [0.1, 0.15) is 17.2 Å². The molecule has 6 rings (SSSR count). The number of hydrogen-bond donors (Lipinski definition) is 1. The maximum Gasteiger partial charge on any atom is 0.586 e. The summed E-state index contributed by atoms with van der Waals surface area (Å²) in [6.45, 7) is 0.609. The Balaban J connectivity index is 1.60. The second-order valence-electron chi connectivity index (χ2n) is 11.0. The van der Waals surface area contributed by atoms with Gasteiger partial charge >= 0.3 is 18.2 Å². The zero-order valence-electron chi connectivity index (χ0n) is 25.8. The number of benzene rings is 3. The molecule has 0 bridgehead atoms. The van der Waals surface area contributed by atoms with E-state index in [0.717, 1.165) is 30.2 Å². The van der Waals surface area contributed by atoms with Gasteiger partial charge in [-0.1, -0.05) is 12.1 Å². The number of nitrogens with zero attached hydrogens (tertiary/aromatic N) is 3. The summed E-state index contributed by atoms with van der Waals surface area (Å²) in [4.78, 5) is 15.8. The molecule has 49 heavy (non-hydrogen) atoms. The van der Waals surface area contributed by atoms with Crippen LogP contribution in [0.5, 0.6) is 11.5 Å². The molecular weight excluding hydrogens is 681 g/mol. The van der Waals surface area contributed by atoms with Gasteiger partial charge in [0.25, 0.3) is 0 Å². The van der Waals surface area contributed by atoms with Gasteiger partial charge in [0, 0.05) is 42.5 Å². The molecule has 0 saturated carbocycles. The van der Waals surface area contributed by atoms with Crippen molar-refractivity contribution < 1.29 is 58.9 Å². The number of aryl methyl sites for hydroxylation is 2. The van der Waals surface area contributed by atoms with E-state index < -0.39 is 56.6 Å². The molecule has 17 heteroatoms. The van der Waals surface area contributed by atoms with Crippen molar-refractivity contribution in [1.29, 1.82) is 0 Å². The summed E-state index contributed by atoms with van der Waals surface area (Å²) in [5.74, 6) is -7.39. The Bertz CT molecular complexity index is 2270. The van der Waals surface area contributed by atoms with E-state index >= 15 is 4.39 Å². The van der Waals surface area contributed by atoms with Crippen LogP contribution < -0.4 is 9.47 Å². The Morgan fingerprint density at radius 1 is 1.00 bits per heavy atom. The number of carbonyl (C=O) groups excluding carboxylic acids is 1. The predicted molar refractivity (Wildman–Crippen MR) is 161 cm³/mol. The summed E-state index contributed by atoms with van der Waals surface area (Å²) in [6.07, 6.45) is -3.05. The number of fused-ring (bicyclic) bond motifs is 1. The van der Waals surface area contributed by atoms with Gasteiger partial charge in [0.05, 0.1) is 24.3 Å². The van der Waals surface area contributed by atoms with E-state index in [0.29, 0.717) is 0 Å². The molecule has 0 spiro atoms. The lowest BCUT2D eigenvalue weighted by molar-refractivity contribution is -0.286. The van der Waals surface area contributed by atoms with Gasteiger partial charge in [-0.25, -0.2) is 22.6 Å². The van der Waals surface area contributed by atoms with Crippen molar-refractivity contribution in [1.82, 2.24) is 14.8 Å². The van der Waals surface area contributed by atoms with E-state index in [4.69, 9.17) is 4.42 Å². The summed E-state index contributed by atoms with van der Waals surface area (Å²) in [5.41, 5.74) is -0.388. The molecule has 11 nitrogen and oxygen atoms in total. The van der Waals surface area contributed by atoms with Crippen LogP contribution in [0.3, 0.4) is 0 Å². The Morgan fingerprint density at radius 3 is 2.37 bits per heavy atom. The Hall–Kier alpha value is -5.29. The molecule has 0 aliphatic carbocycles. The highest BCUT2D eigenvalue weighted by Gasteiger charge is 2.46. The topological polar surface area (TPSA) is 143 Å². The van der Waals surface area contributed by atoms with Gasteiger partial charge in [-0.3, -0.25) is 4.68 Å². The zero-order chi connectivity index (χ0) is 35.6. The minimum absolute atomic E-state index is 0.00163. The molecule has 256 valence electrons. The quantitative estimate of drug-likeness (QED) is 0.151. The number of ether oxygens (including phenoxy) is 3. The number of rotatable bonds is 8. The third-order valence-corrected chi connectivity index (χ3v) is 8.80. The Kier molecular flexibility index (Phi) is 8.02. The van der Waals surface area contributed by atoms with Gasteiger partial charge in [-0.05, 0) is 53.6 Å². The zero-order valence-corrected chi connectivity index (χ0v) is 26.7. The summed E-state index contributed by atoms with van der Waals surface area (Å²) in [5, 5.41) is 13.5. The SMILES string of the molecule is COC(=O)C(F)(F)c1cc(-c2ccc(-c3cc(F)c(CO)c(S(C)(=O)=O)c3)cc2-c2oc(C)nc2-c2ccc3c(c2)OC(F)(F)O3)n(C)n1. The van der Waals surface area contributed by atoms with E-state index in [1.807, 2.05) is 0 Å². The molecular formula is C32H24F5N3O8S. The molecule has 2 aromatic heterocycles. The first kappa shape index (κ1) is 33.6. The summed E-state index contributed by atoms with van der Waals surface area (Å²) >= 11 is 0. The lowest BCUT2D eigenvalue weighted by atomic mass is 9.93. The number of aromatic nitrogens is 3. The first-order valence-corrected chi connectivity index (χ1v) is 16.0. The Labute approximate surface area is 274 Å². The fraction of sp³-hybridized carbons (Fsp3) is 0.219. The molecule has 5 aromatic rings. The van der Waals surface area contributed by atoms with Crippen LogP contribution in [0.25, 0.3) is 45.0 Å². The number of hydrogen-bond acceptors (Lipinski definition) is 10. The van der Waals surface area contributed by atoms with Crippen LogP contribution in [0, 0.1) is 12.7 Å². The number of oxazole rings is 1. The number of carbonyl (C=O) groups is 1. The molecule has 1 N–H and O–H groups in total. The minimum Gasteiger partial charge on any atom is -0.464 e. The number of alkyl halides is 4. The van der Waals surface area contributed by atoms with Gasteiger partial charge in [-0.15, -0.1) is 8.78 Å². The summed E-state index contributed by atoms with van der Waals surface area (Å²) in [6, 6.07) is 11.4. The fourth-order valence-electron chi connectivity index (χ4n) is 5.40. The van der Waals surface area contributed by atoms with Crippen LogP contribution in [0.4, 0.5) is 22.0 Å². The first-order valence-electron chi connectivity index (χ1n) is 14.1. The van der Waals surface area contributed by atoms with Gasteiger partial charge in [0.2, 0.25) is 0 Å². The average molecular weight is 706 g/mol. The minimum atomic E-state index is -4.12. The van der Waals surface area contributed by atoms with Crippen molar-refractivity contribution in [3.05, 3.63) is 77.6 Å². The third kappa shape index (κ3) is 5.99. The van der Waals surface area contributed by atoms with Crippen molar-refractivity contribution >= 4 is 15.8 Å². The Morgan fingerprint density at radius 2 is 1.69 bits per heavy atom. The van der Waals surface area contributed by atoms with Crippen LogP contribution >= 0.6 is 0 Å². The predicted octanol–water partition coefficient (Wildman–Crippen LogP) is 6.01. The van der Waals surface area contributed by atoms with Crippen LogP contribution in [-0.4, -0.2) is 53.9 Å². The number of methoxy groups -OCH3 is 1. The van der Waals surface area contributed by atoms with Crippen LogP contribution in [-0.2, 0) is 38.9 Å². The van der Waals surface area contributed by atoms with Gasteiger partial charge < -0.3 is 23.7 Å². The van der Waals surface area contributed by atoms with Crippen LogP contribution in [0.15, 0.2) is 63.9 Å². The molecule has 0 fully saturated rings. The van der Waals surface area contributed by atoms with E-state index in [1.54, 1.807) is 0 Å². The second-order valence-corrected chi connectivity index (χ2v) is 13.0. The molecule has 1 aliphatic heterocycles. The third-order valence-electron chi connectivity index (χ3n) is 7.64. The standard InChI is InChI=1S/C32H24F5N3O8S/c1-15-38-28(17-6-8-24-25(11-17)48-32(36,37)47-24)29(46-15)20-9-16(18-10-22(33)21(14-41)26(12-18)49(4,43)44)5-7-19(20)23-13-27(39-40(23)2)31(34,35)30(42)45-3/h5-13,41H,14H2,1-4H3. The maximum absolute atomic E-state index is 15.2. The lowest BCUT2D eigenvalue weighted by Crippen LogP contribution is -2.27. The first-order chi connectivity index (χ1) is 22.9. The number of sulfone groups is 1. The van der Waals surface area contributed by atoms with E-state index in [1.165, 1.54) is 56.4 Å². The number of esters is 1. The number of aliphatic hydroxyl groups excluding tert-OH is 1. The molecule has 1 aliphatic rings. The number of halogens is 5.